The standard InChI is InChI=1S/C12H19NO/c13-9-11(12-7-4-8-14-12)10-5-2-1-3-6-10/h4,7-8,10-11H,1-3,5-6,9,13H2. The molecule has 0 bridgehead atoms. The van der Waals surface area contributed by atoms with Gasteiger partial charge in [0.1, 0.15) is 5.76 Å². The summed E-state index contributed by atoms with van der Waals surface area (Å²) >= 11 is 0. The molecule has 0 saturated heterocycles. The van der Waals surface area contributed by atoms with Crippen LogP contribution in [0.15, 0.2) is 22.8 Å². The number of hydrogen-bond donors (Lipinski definition) is 1. The summed E-state index contributed by atoms with van der Waals surface area (Å²) in [5.74, 6) is 2.28. The van der Waals surface area contributed by atoms with Crippen molar-refractivity contribution in [1.29, 1.82) is 0 Å². The zero-order valence-corrected chi connectivity index (χ0v) is 8.61. The molecule has 1 fully saturated rings. The molecule has 1 aliphatic rings. The van der Waals surface area contributed by atoms with E-state index in [9.17, 15) is 0 Å². The molecule has 0 spiro atoms. The topological polar surface area (TPSA) is 39.2 Å². The lowest BCUT2D eigenvalue weighted by Gasteiger charge is -2.27. The zero-order valence-electron chi connectivity index (χ0n) is 8.61. The molecule has 0 aromatic carbocycles. The summed E-state index contributed by atoms with van der Waals surface area (Å²) in [7, 11) is 0. The SMILES string of the molecule is NCC(c1ccco1)C1CCCCC1. The first kappa shape index (κ1) is 9.78. The van der Waals surface area contributed by atoms with Gasteiger partial charge in [-0.2, -0.15) is 0 Å². The van der Waals surface area contributed by atoms with Gasteiger partial charge >= 0.3 is 0 Å². The van der Waals surface area contributed by atoms with Crippen LogP contribution in [0.25, 0.3) is 0 Å². The maximum atomic E-state index is 5.83. The molecule has 2 nitrogen and oxygen atoms in total. The Balaban J connectivity index is 2.04. The summed E-state index contributed by atoms with van der Waals surface area (Å²) in [6.45, 7) is 0.720. The Morgan fingerprint density at radius 2 is 2.14 bits per heavy atom. The predicted molar refractivity (Wildman–Crippen MR) is 57.1 cm³/mol. The first-order valence-corrected chi connectivity index (χ1v) is 5.65. The molecule has 1 aromatic rings. The molecule has 1 saturated carbocycles. The molecule has 0 amide bonds. The van der Waals surface area contributed by atoms with Crippen LogP contribution in [0.2, 0.25) is 0 Å². The van der Waals surface area contributed by atoms with Crippen LogP contribution < -0.4 is 5.73 Å². The minimum atomic E-state index is 0.449. The fourth-order valence-electron chi connectivity index (χ4n) is 2.58. The average molecular weight is 193 g/mol. The van der Waals surface area contributed by atoms with Gasteiger partial charge in [0.05, 0.1) is 6.26 Å². The van der Waals surface area contributed by atoms with E-state index in [4.69, 9.17) is 10.2 Å². The monoisotopic (exact) mass is 193 g/mol. The molecule has 2 heteroatoms. The van der Waals surface area contributed by atoms with Gasteiger partial charge in [0.25, 0.3) is 0 Å². The fourth-order valence-corrected chi connectivity index (χ4v) is 2.58. The van der Waals surface area contributed by atoms with E-state index in [0.29, 0.717) is 5.92 Å². The van der Waals surface area contributed by atoms with Crippen molar-refractivity contribution in [3.8, 4) is 0 Å². The predicted octanol–water partition coefficient (Wildman–Crippen LogP) is 2.90. The van der Waals surface area contributed by atoms with E-state index in [-0.39, 0.29) is 0 Å². The van der Waals surface area contributed by atoms with Gasteiger partial charge < -0.3 is 10.2 Å². The summed E-state index contributed by atoms with van der Waals surface area (Å²) in [6.07, 6.45) is 8.52. The summed E-state index contributed by atoms with van der Waals surface area (Å²) in [6, 6.07) is 4.02. The van der Waals surface area contributed by atoms with Crippen molar-refractivity contribution in [2.45, 2.75) is 38.0 Å². The molecule has 0 aliphatic heterocycles. The van der Waals surface area contributed by atoms with E-state index in [2.05, 4.69) is 6.07 Å². The van der Waals surface area contributed by atoms with Crippen molar-refractivity contribution >= 4 is 0 Å². The van der Waals surface area contributed by atoms with Crippen LogP contribution in [0.5, 0.6) is 0 Å². The Morgan fingerprint density at radius 1 is 1.36 bits per heavy atom. The van der Waals surface area contributed by atoms with Gasteiger partial charge in [-0.1, -0.05) is 19.3 Å². The van der Waals surface area contributed by atoms with Gasteiger partial charge in [-0.15, -0.1) is 0 Å². The highest BCUT2D eigenvalue weighted by Gasteiger charge is 2.25. The molecule has 1 unspecified atom stereocenters. The van der Waals surface area contributed by atoms with Crippen LogP contribution in [0.1, 0.15) is 43.8 Å². The lowest BCUT2D eigenvalue weighted by molar-refractivity contribution is 0.280. The Bertz CT molecular complexity index is 249. The van der Waals surface area contributed by atoms with Crippen LogP contribution in [0.4, 0.5) is 0 Å². The molecule has 0 radical (unpaired) electrons. The second kappa shape index (κ2) is 4.65. The smallest absolute Gasteiger partial charge is 0.108 e. The molecular weight excluding hydrogens is 174 g/mol. The number of nitrogens with two attached hydrogens (primary N) is 1. The Hall–Kier alpha value is -0.760. The third-order valence-electron chi connectivity index (χ3n) is 3.38. The van der Waals surface area contributed by atoms with Gasteiger partial charge in [-0.3, -0.25) is 0 Å². The molecule has 1 atom stereocenters. The third kappa shape index (κ3) is 2.01. The van der Waals surface area contributed by atoms with Crippen LogP contribution in [-0.2, 0) is 0 Å². The fraction of sp³-hybridized carbons (Fsp3) is 0.667. The minimum absolute atomic E-state index is 0.449. The van der Waals surface area contributed by atoms with Crippen LogP contribution in [0, 0.1) is 5.92 Å². The molecule has 14 heavy (non-hydrogen) atoms. The highest BCUT2D eigenvalue weighted by atomic mass is 16.3. The average Bonchev–Trinajstić information content (AvgIpc) is 2.74. The second-order valence-corrected chi connectivity index (χ2v) is 4.26. The zero-order chi connectivity index (χ0) is 9.80. The molecule has 1 aliphatic carbocycles. The first-order chi connectivity index (χ1) is 6.92. The molecule has 78 valence electrons. The normalized spacial score (nSPS) is 20.9. The largest absolute Gasteiger partial charge is 0.469 e. The lowest BCUT2D eigenvalue weighted by atomic mass is 9.79. The van der Waals surface area contributed by atoms with Gasteiger partial charge in [0.2, 0.25) is 0 Å². The number of furan rings is 1. The molecule has 2 N–H and O–H groups in total. The van der Waals surface area contributed by atoms with Gasteiger partial charge in [0.15, 0.2) is 0 Å². The third-order valence-corrected chi connectivity index (χ3v) is 3.38. The van der Waals surface area contributed by atoms with E-state index in [0.717, 1.165) is 18.2 Å². The minimum Gasteiger partial charge on any atom is -0.469 e. The van der Waals surface area contributed by atoms with Gasteiger partial charge in [0, 0.05) is 12.5 Å². The van der Waals surface area contributed by atoms with Crippen molar-refractivity contribution in [3.63, 3.8) is 0 Å². The van der Waals surface area contributed by atoms with Crippen molar-refractivity contribution < 1.29 is 4.42 Å². The Morgan fingerprint density at radius 3 is 2.71 bits per heavy atom. The second-order valence-electron chi connectivity index (χ2n) is 4.26. The Kier molecular flexibility index (Phi) is 3.25. The van der Waals surface area contributed by atoms with Crippen LogP contribution in [0.3, 0.4) is 0 Å². The molecule has 1 heterocycles. The number of rotatable bonds is 3. The molecule has 2 rings (SSSR count). The quantitative estimate of drug-likeness (QED) is 0.801. The van der Waals surface area contributed by atoms with E-state index < -0.39 is 0 Å². The maximum absolute atomic E-state index is 5.83. The van der Waals surface area contributed by atoms with E-state index >= 15 is 0 Å². The summed E-state index contributed by atoms with van der Waals surface area (Å²) < 4.78 is 5.46. The van der Waals surface area contributed by atoms with E-state index in [1.165, 1.54) is 32.1 Å². The molecular formula is C12H19NO. The summed E-state index contributed by atoms with van der Waals surface area (Å²) in [4.78, 5) is 0. The van der Waals surface area contributed by atoms with Crippen molar-refractivity contribution in [3.05, 3.63) is 24.2 Å². The highest BCUT2D eigenvalue weighted by molar-refractivity contribution is 5.07. The Labute approximate surface area is 85.5 Å². The van der Waals surface area contributed by atoms with Crippen LogP contribution >= 0.6 is 0 Å². The van der Waals surface area contributed by atoms with Crippen molar-refractivity contribution in [2.24, 2.45) is 11.7 Å². The summed E-state index contributed by atoms with van der Waals surface area (Å²) in [5.41, 5.74) is 5.83. The van der Waals surface area contributed by atoms with Gasteiger partial charge in [-0.25, -0.2) is 0 Å². The first-order valence-electron chi connectivity index (χ1n) is 5.65. The van der Waals surface area contributed by atoms with Gasteiger partial charge in [-0.05, 0) is 30.9 Å². The van der Waals surface area contributed by atoms with Crippen molar-refractivity contribution in [1.82, 2.24) is 0 Å². The van der Waals surface area contributed by atoms with E-state index in [1.807, 2.05) is 6.07 Å². The lowest BCUT2D eigenvalue weighted by Crippen LogP contribution is -2.23. The highest BCUT2D eigenvalue weighted by Crippen LogP contribution is 2.35. The maximum Gasteiger partial charge on any atom is 0.108 e. The van der Waals surface area contributed by atoms with Crippen molar-refractivity contribution in [2.75, 3.05) is 6.54 Å². The summed E-state index contributed by atoms with van der Waals surface area (Å²) in [5, 5.41) is 0. The van der Waals surface area contributed by atoms with E-state index in [1.54, 1.807) is 6.26 Å². The number of hydrogen-bond acceptors (Lipinski definition) is 2. The van der Waals surface area contributed by atoms with Crippen LogP contribution in [-0.4, -0.2) is 6.54 Å². The molecule has 1 aromatic heterocycles.